The van der Waals surface area contributed by atoms with Gasteiger partial charge in [0.25, 0.3) is 0 Å². The second-order valence-electron chi connectivity index (χ2n) is 7.05. The Balaban J connectivity index is 1.75. The Kier molecular flexibility index (Phi) is 6.53. The van der Waals surface area contributed by atoms with Gasteiger partial charge < -0.3 is 19.9 Å². The minimum atomic E-state index is -0.130. The SMILES string of the molecule is COc1ccc(CC(NC2CCC(O)CC2)c2ccc(OC)cc2)cc1. The van der Waals surface area contributed by atoms with E-state index in [1.807, 2.05) is 24.3 Å². The summed E-state index contributed by atoms with van der Waals surface area (Å²) in [5, 5.41) is 13.6. The predicted octanol–water partition coefficient (Wildman–Crippen LogP) is 3.88. The van der Waals surface area contributed by atoms with Crippen LogP contribution in [0.3, 0.4) is 0 Å². The molecular formula is C22H29NO3. The van der Waals surface area contributed by atoms with Gasteiger partial charge in [-0.15, -0.1) is 0 Å². The fourth-order valence-corrected chi connectivity index (χ4v) is 3.63. The van der Waals surface area contributed by atoms with Crippen LogP contribution in [0.15, 0.2) is 48.5 Å². The zero-order valence-corrected chi connectivity index (χ0v) is 15.7. The Morgan fingerprint density at radius 2 is 1.42 bits per heavy atom. The number of ether oxygens (including phenoxy) is 2. The average molecular weight is 355 g/mol. The summed E-state index contributed by atoms with van der Waals surface area (Å²) in [5.41, 5.74) is 2.53. The maximum atomic E-state index is 9.77. The Hall–Kier alpha value is -2.04. The highest BCUT2D eigenvalue weighted by Crippen LogP contribution is 2.26. The van der Waals surface area contributed by atoms with Crippen LogP contribution < -0.4 is 14.8 Å². The summed E-state index contributed by atoms with van der Waals surface area (Å²) in [6.45, 7) is 0. The third-order valence-electron chi connectivity index (χ3n) is 5.25. The fourth-order valence-electron chi connectivity index (χ4n) is 3.63. The van der Waals surface area contributed by atoms with E-state index in [-0.39, 0.29) is 12.1 Å². The molecule has 0 saturated heterocycles. The summed E-state index contributed by atoms with van der Waals surface area (Å²) in [7, 11) is 3.38. The molecule has 2 aromatic rings. The number of nitrogens with one attached hydrogen (secondary N) is 1. The molecule has 140 valence electrons. The van der Waals surface area contributed by atoms with E-state index in [9.17, 15) is 5.11 Å². The summed E-state index contributed by atoms with van der Waals surface area (Å²) in [5.74, 6) is 1.75. The maximum absolute atomic E-state index is 9.77. The molecule has 1 fully saturated rings. The first-order chi connectivity index (χ1) is 12.7. The van der Waals surface area contributed by atoms with E-state index < -0.39 is 0 Å². The number of benzene rings is 2. The van der Waals surface area contributed by atoms with Gasteiger partial charge in [0.15, 0.2) is 0 Å². The number of hydrogen-bond donors (Lipinski definition) is 2. The van der Waals surface area contributed by atoms with Crippen LogP contribution in [0.2, 0.25) is 0 Å². The van der Waals surface area contributed by atoms with Crippen LogP contribution in [0, 0.1) is 0 Å². The molecule has 0 heterocycles. The first-order valence-corrected chi connectivity index (χ1v) is 9.39. The van der Waals surface area contributed by atoms with Crippen molar-refractivity contribution in [1.82, 2.24) is 5.32 Å². The number of hydrogen-bond acceptors (Lipinski definition) is 4. The number of aliphatic hydroxyl groups is 1. The largest absolute Gasteiger partial charge is 0.497 e. The predicted molar refractivity (Wildman–Crippen MR) is 104 cm³/mol. The van der Waals surface area contributed by atoms with Crippen molar-refractivity contribution in [2.75, 3.05) is 14.2 Å². The van der Waals surface area contributed by atoms with Gasteiger partial charge in [0.05, 0.1) is 20.3 Å². The van der Waals surface area contributed by atoms with Crippen molar-refractivity contribution in [3.05, 3.63) is 59.7 Å². The normalized spacial score (nSPS) is 21.2. The van der Waals surface area contributed by atoms with E-state index in [0.717, 1.165) is 43.6 Å². The maximum Gasteiger partial charge on any atom is 0.118 e. The Labute approximate surface area is 156 Å². The molecule has 0 radical (unpaired) electrons. The van der Waals surface area contributed by atoms with Crippen molar-refractivity contribution in [1.29, 1.82) is 0 Å². The summed E-state index contributed by atoms with van der Waals surface area (Å²) in [6.07, 6.45) is 4.60. The van der Waals surface area contributed by atoms with Gasteiger partial charge in [-0.05, 0) is 67.5 Å². The van der Waals surface area contributed by atoms with Crippen LogP contribution in [0.25, 0.3) is 0 Å². The van der Waals surface area contributed by atoms with E-state index in [1.165, 1.54) is 11.1 Å². The minimum Gasteiger partial charge on any atom is -0.497 e. The van der Waals surface area contributed by atoms with Crippen LogP contribution in [0.5, 0.6) is 11.5 Å². The summed E-state index contributed by atoms with van der Waals surface area (Å²) >= 11 is 0. The number of aliphatic hydroxyl groups excluding tert-OH is 1. The third kappa shape index (κ3) is 4.99. The molecule has 1 atom stereocenters. The molecule has 1 aliphatic carbocycles. The topological polar surface area (TPSA) is 50.7 Å². The zero-order valence-electron chi connectivity index (χ0n) is 15.7. The molecule has 4 heteroatoms. The first-order valence-electron chi connectivity index (χ1n) is 9.39. The smallest absolute Gasteiger partial charge is 0.118 e. The molecule has 1 saturated carbocycles. The zero-order chi connectivity index (χ0) is 18.4. The highest BCUT2D eigenvalue weighted by Gasteiger charge is 2.23. The standard InChI is InChI=1S/C22H29NO3/c1-25-20-11-3-16(4-12-20)15-22(17-5-13-21(26-2)14-6-17)23-18-7-9-19(24)10-8-18/h3-6,11-14,18-19,22-24H,7-10,15H2,1-2H3. The highest BCUT2D eigenvalue weighted by molar-refractivity contribution is 5.32. The van der Waals surface area contributed by atoms with Gasteiger partial charge in [-0.1, -0.05) is 24.3 Å². The minimum absolute atomic E-state index is 0.130. The van der Waals surface area contributed by atoms with Crippen molar-refractivity contribution in [3.8, 4) is 11.5 Å². The van der Waals surface area contributed by atoms with Crippen LogP contribution in [-0.4, -0.2) is 31.5 Å². The molecule has 1 unspecified atom stereocenters. The summed E-state index contributed by atoms with van der Waals surface area (Å²) in [4.78, 5) is 0. The third-order valence-corrected chi connectivity index (χ3v) is 5.25. The van der Waals surface area contributed by atoms with E-state index in [1.54, 1.807) is 14.2 Å². The van der Waals surface area contributed by atoms with Crippen LogP contribution in [-0.2, 0) is 6.42 Å². The van der Waals surface area contributed by atoms with E-state index in [0.29, 0.717) is 6.04 Å². The first kappa shape index (κ1) is 18.7. The van der Waals surface area contributed by atoms with Gasteiger partial charge in [0, 0.05) is 12.1 Å². The monoisotopic (exact) mass is 355 g/mol. The molecule has 0 bridgehead atoms. The van der Waals surface area contributed by atoms with Crippen molar-refractivity contribution in [2.45, 2.75) is 50.3 Å². The molecule has 0 spiro atoms. The lowest BCUT2D eigenvalue weighted by Gasteiger charge is -2.31. The lowest BCUT2D eigenvalue weighted by molar-refractivity contribution is 0.114. The highest BCUT2D eigenvalue weighted by atomic mass is 16.5. The number of rotatable bonds is 7. The Morgan fingerprint density at radius 3 is 1.96 bits per heavy atom. The van der Waals surface area contributed by atoms with Gasteiger partial charge in [0.1, 0.15) is 11.5 Å². The van der Waals surface area contributed by atoms with E-state index >= 15 is 0 Å². The van der Waals surface area contributed by atoms with Crippen molar-refractivity contribution in [2.24, 2.45) is 0 Å². The Morgan fingerprint density at radius 1 is 0.885 bits per heavy atom. The quantitative estimate of drug-likeness (QED) is 0.791. The molecule has 2 aromatic carbocycles. The van der Waals surface area contributed by atoms with Gasteiger partial charge in [-0.25, -0.2) is 0 Å². The molecular weight excluding hydrogens is 326 g/mol. The van der Waals surface area contributed by atoms with Crippen LogP contribution in [0.1, 0.15) is 42.9 Å². The van der Waals surface area contributed by atoms with E-state index in [4.69, 9.17) is 9.47 Å². The van der Waals surface area contributed by atoms with E-state index in [2.05, 4.69) is 29.6 Å². The lowest BCUT2D eigenvalue weighted by Crippen LogP contribution is -2.37. The average Bonchev–Trinajstić information content (AvgIpc) is 2.70. The van der Waals surface area contributed by atoms with Crippen LogP contribution in [0.4, 0.5) is 0 Å². The van der Waals surface area contributed by atoms with Crippen molar-refractivity contribution >= 4 is 0 Å². The molecule has 1 aliphatic rings. The molecule has 0 amide bonds. The molecule has 26 heavy (non-hydrogen) atoms. The molecule has 0 aliphatic heterocycles. The van der Waals surface area contributed by atoms with Gasteiger partial charge in [0.2, 0.25) is 0 Å². The van der Waals surface area contributed by atoms with Gasteiger partial charge in [-0.2, -0.15) is 0 Å². The fraction of sp³-hybridized carbons (Fsp3) is 0.455. The molecule has 4 nitrogen and oxygen atoms in total. The van der Waals surface area contributed by atoms with Crippen LogP contribution >= 0.6 is 0 Å². The second-order valence-corrected chi connectivity index (χ2v) is 7.05. The molecule has 3 rings (SSSR count). The number of methoxy groups -OCH3 is 2. The Bertz CT molecular complexity index is 661. The lowest BCUT2D eigenvalue weighted by atomic mass is 9.90. The molecule has 2 N–H and O–H groups in total. The van der Waals surface area contributed by atoms with Crippen molar-refractivity contribution in [3.63, 3.8) is 0 Å². The summed E-state index contributed by atoms with van der Waals surface area (Å²) < 4.78 is 10.6. The van der Waals surface area contributed by atoms with Crippen molar-refractivity contribution < 1.29 is 14.6 Å². The summed E-state index contributed by atoms with van der Waals surface area (Å²) in [6, 6.07) is 17.3. The van der Waals surface area contributed by atoms with Gasteiger partial charge >= 0.3 is 0 Å². The van der Waals surface area contributed by atoms with Gasteiger partial charge in [-0.3, -0.25) is 0 Å². The molecule has 0 aromatic heterocycles. The second kappa shape index (κ2) is 9.06.